The van der Waals surface area contributed by atoms with Crippen LogP contribution in [0.4, 0.5) is 5.69 Å². The second kappa shape index (κ2) is 7.29. The van der Waals surface area contributed by atoms with Gasteiger partial charge >= 0.3 is 5.97 Å². The standard InChI is InChI=1S/C12H15NO5/c1-2-18-10-5-3-9(4-6-10)13-11(14)7-17-8-12(15)16/h3-6H,2,7-8H2,1H3,(H,13,14)(H,15,16). The van der Waals surface area contributed by atoms with Gasteiger partial charge in [-0.05, 0) is 31.2 Å². The summed E-state index contributed by atoms with van der Waals surface area (Å²) in [6, 6.07) is 6.86. The second-order valence-electron chi connectivity index (χ2n) is 3.39. The minimum atomic E-state index is -1.11. The van der Waals surface area contributed by atoms with Gasteiger partial charge in [0.15, 0.2) is 0 Å². The molecule has 18 heavy (non-hydrogen) atoms. The van der Waals surface area contributed by atoms with Gasteiger partial charge in [-0.1, -0.05) is 0 Å². The maximum absolute atomic E-state index is 11.3. The van der Waals surface area contributed by atoms with E-state index in [4.69, 9.17) is 9.84 Å². The Morgan fingerprint density at radius 1 is 1.22 bits per heavy atom. The van der Waals surface area contributed by atoms with Gasteiger partial charge in [-0.2, -0.15) is 0 Å². The topological polar surface area (TPSA) is 84.9 Å². The summed E-state index contributed by atoms with van der Waals surface area (Å²) in [5, 5.41) is 10.9. The van der Waals surface area contributed by atoms with Crippen LogP contribution in [-0.2, 0) is 14.3 Å². The molecule has 0 spiro atoms. The molecule has 0 aliphatic carbocycles. The summed E-state index contributed by atoms with van der Waals surface area (Å²) in [7, 11) is 0. The molecule has 0 heterocycles. The van der Waals surface area contributed by atoms with E-state index in [-0.39, 0.29) is 6.61 Å². The molecule has 6 nitrogen and oxygen atoms in total. The third-order valence-corrected chi connectivity index (χ3v) is 1.91. The second-order valence-corrected chi connectivity index (χ2v) is 3.39. The van der Waals surface area contributed by atoms with Gasteiger partial charge in [0, 0.05) is 5.69 Å². The average molecular weight is 253 g/mol. The zero-order chi connectivity index (χ0) is 13.4. The number of hydrogen-bond donors (Lipinski definition) is 2. The number of amides is 1. The zero-order valence-corrected chi connectivity index (χ0v) is 10.0. The van der Waals surface area contributed by atoms with Gasteiger partial charge in [-0.25, -0.2) is 4.79 Å². The van der Waals surface area contributed by atoms with Crippen LogP contribution in [0.3, 0.4) is 0 Å². The van der Waals surface area contributed by atoms with Crippen molar-refractivity contribution in [3.8, 4) is 5.75 Å². The highest BCUT2D eigenvalue weighted by Crippen LogP contribution is 2.15. The molecule has 1 amide bonds. The highest BCUT2D eigenvalue weighted by Gasteiger charge is 2.04. The largest absolute Gasteiger partial charge is 0.494 e. The molecule has 0 radical (unpaired) electrons. The van der Waals surface area contributed by atoms with E-state index in [0.717, 1.165) is 5.75 Å². The highest BCUT2D eigenvalue weighted by atomic mass is 16.5. The summed E-state index contributed by atoms with van der Waals surface area (Å²) in [5.74, 6) is -0.790. The predicted molar refractivity (Wildman–Crippen MR) is 64.7 cm³/mol. The minimum absolute atomic E-state index is 0.292. The van der Waals surface area contributed by atoms with Gasteiger partial charge in [0.1, 0.15) is 19.0 Å². The Bertz CT molecular complexity index is 401. The van der Waals surface area contributed by atoms with Crippen molar-refractivity contribution in [2.75, 3.05) is 25.1 Å². The lowest BCUT2D eigenvalue weighted by atomic mass is 10.3. The number of ether oxygens (including phenoxy) is 2. The van der Waals surface area contributed by atoms with Crippen LogP contribution in [0.15, 0.2) is 24.3 Å². The normalized spacial score (nSPS) is 9.83. The molecule has 0 bridgehead atoms. The lowest BCUT2D eigenvalue weighted by Gasteiger charge is -2.07. The number of carboxylic acid groups (broad SMARTS) is 1. The van der Waals surface area contributed by atoms with E-state index in [1.807, 2.05) is 6.92 Å². The summed E-state index contributed by atoms with van der Waals surface area (Å²) < 4.78 is 9.91. The lowest BCUT2D eigenvalue weighted by Crippen LogP contribution is -2.20. The van der Waals surface area contributed by atoms with E-state index < -0.39 is 18.5 Å². The molecule has 1 aromatic rings. The van der Waals surface area contributed by atoms with Crippen molar-refractivity contribution in [1.82, 2.24) is 0 Å². The van der Waals surface area contributed by atoms with Crippen molar-refractivity contribution in [3.63, 3.8) is 0 Å². The molecule has 0 saturated carbocycles. The molecule has 0 aromatic heterocycles. The summed E-state index contributed by atoms with van der Waals surface area (Å²) in [6.45, 7) is 1.68. The number of hydrogen-bond acceptors (Lipinski definition) is 4. The van der Waals surface area contributed by atoms with Crippen LogP contribution in [0.5, 0.6) is 5.75 Å². The Morgan fingerprint density at radius 2 is 1.89 bits per heavy atom. The SMILES string of the molecule is CCOc1ccc(NC(=O)COCC(=O)O)cc1. The maximum Gasteiger partial charge on any atom is 0.329 e. The summed E-state index contributed by atoms with van der Waals surface area (Å²) in [4.78, 5) is 21.5. The number of carbonyl (C=O) groups excluding carboxylic acids is 1. The molecule has 98 valence electrons. The first-order valence-corrected chi connectivity index (χ1v) is 5.44. The van der Waals surface area contributed by atoms with Crippen molar-refractivity contribution >= 4 is 17.6 Å². The van der Waals surface area contributed by atoms with Crippen molar-refractivity contribution in [1.29, 1.82) is 0 Å². The van der Waals surface area contributed by atoms with Crippen LogP contribution in [0, 0.1) is 0 Å². The average Bonchev–Trinajstić information content (AvgIpc) is 2.31. The molecular formula is C12H15NO5. The summed E-state index contributed by atoms with van der Waals surface area (Å²) >= 11 is 0. The summed E-state index contributed by atoms with van der Waals surface area (Å²) in [6.07, 6.45) is 0. The molecule has 2 N–H and O–H groups in total. The van der Waals surface area contributed by atoms with Crippen LogP contribution in [0.25, 0.3) is 0 Å². The third-order valence-electron chi connectivity index (χ3n) is 1.91. The Morgan fingerprint density at radius 3 is 2.44 bits per heavy atom. The molecule has 0 unspecified atom stereocenters. The van der Waals surface area contributed by atoms with E-state index in [0.29, 0.717) is 12.3 Å². The smallest absolute Gasteiger partial charge is 0.329 e. The fraction of sp³-hybridized carbons (Fsp3) is 0.333. The number of carboxylic acids is 1. The van der Waals surface area contributed by atoms with Crippen molar-refractivity contribution in [2.45, 2.75) is 6.92 Å². The third kappa shape index (κ3) is 5.31. The van der Waals surface area contributed by atoms with Crippen molar-refractivity contribution < 1.29 is 24.2 Å². The van der Waals surface area contributed by atoms with Crippen LogP contribution < -0.4 is 10.1 Å². The van der Waals surface area contributed by atoms with E-state index >= 15 is 0 Å². The van der Waals surface area contributed by atoms with Crippen LogP contribution in [0.2, 0.25) is 0 Å². The van der Waals surface area contributed by atoms with Crippen molar-refractivity contribution in [2.24, 2.45) is 0 Å². The summed E-state index contributed by atoms with van der Waals surface area (Å²) in [5.41, 5.74) is 0.599. The highest BCUT2D eigenvalue weighted by molar-refractivity contribution is 5.91. The molecule has 1 rings (SSSR count). The van der Waals surface area contributed by atoms with Crippen LogP contribution >= 0.6 is 0 Å². The molecular weight excluding hydrogens is 238 g/mol. The Hall–Kier alpha value is -2.08. The molecule has 0 saturated heterocycles. The molecule has 0 aliphatic heterocycles. The van der Waals surface area contributed by atoms with E-state index in [1.165, 1.54) is 0 Å². The van der Waals surface area contributed by atoms with E-state index in [9.17, 15) is 9.59 Å². The molecule has 0 aliphatic rings. The lowest BCUT2D eigenvalue weighted by molar-refractivity contribution is -0.143. The minimum Gasteiger partial charge on any atom is -0.494 e. The molecule has 1 aromatic carbocycles. The van der Waals surface area contributed by atoms with Crippen LogP contribution in [0.1, 0.15) is 6.92 Å². The van der Waals surface area contributed by atoms with Crippen LogP contribution in [-0.4, -0.2) is 36.8 Å². The van der Waals surface area contributed by atoms with Gasteiger partial charge < -0.3 is 19.9 Å². The molecule has 6 heteroatoms. The van der Waals surface area contributed by atoms with E-state index in [2.05, 4.69) is 10.1 Å². The van der Waals surface area contributed by atoms with Gasteiger partial charge in [0.2, 0.25) is 5.91 Å². The van der Waals surface area contributed by atoms with Gasteiger partial charge in [-0.15, -0.1) is 0 Å². The number of aliphatic carboxylic acids is 1. The quantitative estimate of drug-likeness (QED) is 0.760. The fourth-order valence-corrected chi connectivity index (χ4v) is 1.23. The Kier molecular flexibility index (Phi) is 5.66. The number of anilines is 1. The first-order chi connectivity index (χ1) is 8.61. The first kappa shape index (κ1) is 14.0. The molecule has 0 fully saturated rings. The van der Waals surface area contributed by atoms with Crippen molar-refractivity contribution in [3.05, 3.63) is 24.3 Å². The molecule has 0 atom stereocenters. The first-order valence-electron chi connectivity index (χ1n) is 5.44. The van der Waals surface area contributed by atoms with E-state index in [1.54, 1.807) is 24.3 Å². The number of nitrogens with one attached hydrogen (secondary N) is 1. The predicted octanol–water partition coefficient (Wildman–Crippen LogP) is 1.12. The number of rotatable bonds is 7. The fourth-order valence-electron chi connectivity index (χ4n) is 1.23. The maximum atomic E-state index is 11.3. The Balaban J connectivity index is 2.37. The number of carbonyl (C=O) groups is 2. The van der Waals surface area contributed by atoms with Gasteiger partial charge in [0.25, 0.3) is 0 Å². The zero-order valence-electron chi connectivity index (χ0n) is 10.0. The van der Waals surface area contributed by atoms with Gasteiger partial charge in [-0.3, -0.25) is 4.79 Å². The monoisotopic (exact) mass is 253 g/mol. The Labute approximate surface area is 105 Å². The van der Waals surface area contributed by atoms with Gasteiger partial charge in [0.05, 0.1) is 6.61 Å². The number of benzene rings is 1.